The first-order chi connectivity index (χ1) is 10.7. The number of thioether (sulfide) groups is 1. The number of carbonyl (C=O) groups excluding carboxylic acids is 2. The predicted molar refractivity (Wildman–Crippen MR) is 92.0 cm³/mol. The third-order valence-electron chi connectivity index (χ3n) is 4.07. The average molecular weight is 335 g/mol. The van der Waals surface area contributed by atoms with Crippen LogP contribution in [0.2, 0.25) is 0 Å². The van der Waals surface area contributed by atoms with Crippen molar-refractivity contribution in [2.45, 2.75) is 70.4 Å². The Labute approximate surface area is 142 Å². The van der Waals surface area contributed by atoms with Gasteiger partial charge in [-0.3, -0.25) is 9.59 Å². The van der Waals surface area contributed by atoms with E-state index in [-0.39, 0.29) is 23.0 Å². The van der Waals surface area contributed by atoms with Gasteiger partial charge in [0.15, 0.2) is 5.78 Å². The molecule has 1 aromatic heterocycles. The molecule has 0 atom stereocenters. The first-order valence-electron chi connectivity index (χ1n) is 8.06. The highest BCUT2D eigenvalue weighted by Gasteiger charge is 2.29. The second-order valence-electron chi connectivity index (χ2n) is 6.75. The Morgan fingerprint density at radius 2 is 1.96 bits per heavy atom. The van der Waals surface area contributed by atoms with Crippen molar-refractivity contribution in [3.05, 3.63) is 17.1 Å². The first kappa shape index (κ1) is 17.9. The van der Waals surface area contributed by atoms with Crippen molar-refractivity contribution in [1.29, 1.82) is 0 Å². The largest absolute Gasteiger partial charge is 0.351 e. The molecule has 1 aliphatic carbocycles. The van der Waals surface area contributed by atoms with Gasteiger partial charge < -0.3 is 5.32 Å². The van der Waals surface area contributed by atoms with Crippen LogP contribution in [0.4, 0.5) is 0 Å². The number of nitrogens with one attached hydrogen (secondary N) is 1. The van der Waals surface area contributed by atoms with Crippen molar-refractivity contribution in [2.24, 2.45) is 0 Å². The Morgan fingerprint density at radius 3 is 2.48 bits per heavy atom. The number of rotatable bonds is 7. The van der Waals surface area contributed by atoms with E-state index in [4.69, 9.17) is 0 Å². The summed E-state index contributed by atoms with van der Waals surface area (Å²) in [5.74, 6) is 1.39. The number of ketones is 1. The van der Waals surface area contributed by atoms with Crippen molar-refractivity contribution in [2.75, 3.05) is 5.75 Å². The summed E-state index contributed by atoms with van der Waals surface area (Å²) < 4.78 is 0. The third kappa shape index (κ3) is 4.77. The SMILES string of the molecule is CCC(C)(C)NC(=O)CSc1nc(C2CC2)nc(C)c1C(C)=O. The monoisotopic (exact) mass is 335 g/mol. The molecule has 0 aromatic carbocycles. The van der Waals surface area contributed by atoms with Crippen LogP contribution in [0.3, 0.4) is 0 Å². The molecule has 0 unspecified atom stereocenters. The second-order valence-corrected chi connectivity index (χ2v) is 7.72. The molecule has 1 N–H and O–H groups in total. The van der Waals surface area contributed by atoms with Gasteiger partial charge >= 0.3 is 0 Å². The fourth-order valence-corrected chi connectivity index (χ4v) is 3.17. The highest BCUT2D eigenvalue weighted by molar-refractivity contribution is 8.00. The topological polar surface area (TPSA) is 72.0 Å². The number of nitrogens with zero attached hydrogens (tertiary/aromatic N) is 2. The first-order valence-corrected chi connectivity index (χ1v) is 9.05. The molecule has 23 heavy (non-hydrogen) atoms. The fourth-order valence-electron chi connectivity index (χ4n) is 2.24. The predicted octanol–water partition coefficient (Wildman–Crippen LogP) is 3.26. The zero-order chi connectivity index (χ0) is 17.2. The van der Waals surface area contributed by atoms with Crippen molar-refractivity contribution in [3.8, 4) is 0 Å². The van der Waals surface area contributed by atoms with E-state index in [1.165, 1.54) is 18.7 Å². The number of aromatic nitrogens is 2. The Hall–Kier alpha value is -1.43. The van der Waals surface area contributed by atoms with Crippen LogP contribution in [0.15, 0.2) is 5.03 Å². The van der Waals surface area contributed by atoms with Gasteiger partial charge in [0.1, 0.15) is 10.9 Å². The standard InChI is InChI=1S/C17H25N3O2S/c1-6-17(4,5)20-13(22)9-23-16-14(11(3)21)10(2)18-15(19-16)12-7-8-12/h12H,6-9H2,1-5H3,(H,20,22). The molecule has 1 fully saturated rings. The van der Waals surface area contributed by atoms with E-state index in [1.54, 1.807) is 0 Å². The Balaban J connectivity index is 2.14. The van der Waals surface area contributed by atoms with Crippen LogP contribution in [0.5, 0.6) is 0 Å². The molecule has 2 rings (SSSR count). The summed E-state index contributed by atoms with van der Waals surface area (Å²) in [6.45, 7) is 9.39. The zero-order valence-corrected chi connectivity index (χ0v) is 15.3. The van der Waals surface area contributed by atoms with Gasteiger partial charge in [-0.15, -0.1) is 0 Å². The molecule has 1 amide bonds. The summed E-state index contributed by atoms with van der Waals surface area (Å²) in [6.07, 6.45) is 3.07. The Kier molecular flexibility index (Phi) is 5.45. The van der Waals surface area contributed by atoms with Gasteiger partial charge in [-0.05, 0) is 47.0 Å². The second kappa shape index (κ2) is 6.99. The number of aryl methyl sites for hydroxylation is 1. The molecule has 0 spiro atoms. The number of hydrogen-bond acceptors (Lipinski definition) is 5. The minimum absolute atomic E-state index is 0.0411. The lowest BCUT2D eigenvalue weighted by Gasteiger charge is -2.24. The van der Waals surface area contributed by atoms with Gasteiger partial charge in [0.05, 0.1) is 17.0 Å². The molecule has 0 saturated heterocycles. The molecule has 5 nitrogen and oxygen atoms in total. The number of Topliss-reactive ketones (excluding diaryl/α,β-unsaturated/α-hetero) is 1. The highest BCUT2D eigenvalue weighted by atomic mass is 32.2. The van der Waals surface area contributed by atoms with Crippen LogP contribution in [0.1, 0.15) is 74.8 Å². The molecule has 0 radical (unpaired) electrons. The Bertz CT molecular complexity index is 625. The van der Waals surface area contributed by atoms with E-state index in [2.05, 4.69) is 15.3 Å². The zero-order valence-electron chi connectivity index (χ0n) is 14.5. The highest BCUT2D eigenvalue weighted by Crippen LogP contribution is 2.39. The minimum atomic E-state index is -0.220. The molecule has 1 saturated carbocycles. The molecule has 0 bridgehead atoms. The van der Waals surface area contributed by atoms with E-state index >= 15 is 0 Å². The third-order valence-corrected chi connectivity index (χ3v) is 5.05. The summed E-state index contributed by atoms with van der Waals surface area (Å²) >= 11 is 1.32. The van der Waals surface area contributed by atoms with E-state index in [9.17, 15) is 9.59 Å². The summed E-state index contributed by atoms with van der Waals surface area (Å²) in [6, 6.07) is 0. The maximum absolute atomic E-state index is 12.1. The van der Waals surface area contributed by atoms with Crippen LogP contribution in [-0.2, 0) is 4.79 Å². The number of hydrogen-bond donors (Lipinski definition) is 1. The summed E-state index contributed by atoms with van der Waals surface area (Å²) in [7, 11) is 0. The number of amides is 1. The van der Waals surface area contributed by atoms with Crippen molar-refractivity contribution in [1.82, 2.24) is 15.3 Å². The van der Waals surface area contributed by atoms with E-state index < -0.39 is 0 Å². The minimum Gasteiger partial charge on any atom is -0.351 e. The van der Waals surface area contributed by atoms with Crippen LogP contribution < -0.4 is 5.32 Å². The lowest BCUT2D eigenvalue weighted by molar-refractivity contribution is -0.120. The van der Waals surface area contributed by atoms with Crippen molar-refractivity contribution in [3.63, 3.8) is 0 Å². The van der Waals surface area contributed by atoms with Gasteiger partial charge in [-0.1, -0.05) is 18.7 Å². The normalized spacial score (nSPS) is 14.7. The van der Waals surface area contributed by atoms with E-state index in [0.717, 1.165) is 25.1 Å². The maximum atomic E-state index is 12.1. The maximum Gasteiger partial charge on any atom is 0.230 e. The number of carbonyl (C=O) groups is 2. The van der Waals surface area contributed by atoms with Gasteiger partial charge in [0, 0.05) is 11.5 Å². The van der Waals surface area contributed by atoms with Gasteiger partial charge in [0.25, 0.3) is 0 Å². The van der Waals surface area contributed by atoms with Crippen molar-refractivity contribution < 1.29 is 9.59 Å². The molecular weight excluding hydrogens is 310 g/mol. The van der Waals surface area contributed by atoms with E-state index in [0.29, 0.717) is 22.2 Å². The summed E-state index contributed by atoms with van der Waals surface area (Å²) in [5.41, 5.74) is 1.04. The molecule has 1 aliphatic rings. The fraction of sp³-hybridized carbons (Fsp3) is 0.647. The van der Waals surface area contributed by atoms with E-state index in [1.807, 2.05) is 27.7 Å². The lowest BCUT2D eigenvalue weighted by Crippen LogP contribution is -2.43. The van der Waals surface area contributed by atoms with Gasteiger partial charge in [-0.25, -0.2) is 9.97 Å². The molecule has 1 heterocycles. The van der Waals surface area contributed by atoms with Crippen LogP contribution in [0, 0.1) is 6.92 Å². The molecule has 126 valence electrons. The Morgan fingerprint density at radius 1 is 1.30 bits per heavy atom. The summed E-state index contributed by atoms with van der Waals surface area (Å²) in [5, 5.41) is 3.64. The van der Waals surface area contributed by atoms with Crippen LogP contribution in [-0.4, -0.2) is 33.0 Å². The molecule has 6 heteroatoms. The van der Waals surface area contributed by atoms with Gasteiger partial charge in [-0.2, -0.15) is 0 Å². The van der Waals surface area contributed by atoms with Crippen molar-refractivity contribution >= 4 is 23.5 Å². The molecular formula is C17H25N3O2S. The van der Waals surface area contributed by atoms with Crippen LogP contribution >= 0.6 is 11.8 Å². The summed E-state index contributed by atoms with van der Waals surface area (Å²) in [4.78, 5) is 33.1. The average Bonchev–Trinajstić information content (AvgIpc) is 3.28. The lowest BCUT2D eigenvalue weighted by atomic mass is 10.0. The quantitative estimate of drug-likeness (QED) is 0.470. The molecule has 1 aromatic rings. The van der Waals surface area contributed by atoms with Crippen LogP contribution in [0.25, 0.3) is 0 Å². The van der Waals surface area contributed by atoms with Gasteiger partial charge in [0.2, 0.25) is 5.91 Å². The molecule has 0 aliphatic heterocycles. The smallest absolute Gasteiger partial charge is 0.230 e.